The number of aliphatic hydroxyl groups excluding tert-OH is 2. The maximum atomic E-state index is 11.6. The minimum Gasteiger partial charge on any atom is -0.481 e. The Balaban J connectivity index is 5.82. The van der Waals surface area contributed by atoms with E-state index in [1.807, 2.05) is 0 Å². The van der Waals surface area contributed by atoms with Gasteiger partial charge in [-0.2, -0.15) is 0 Å². The third-order valence-electron chi connectivity index (χ3n) is 4.09. The molecule has 6 heteroatoms. The van der Waals surface area contributed by atoms with Crippen molar-refractivity contribution >= 4 is 11.9 Å². The molecule has 0 saturated heterocycles. The average molecular weight is 288 g/mol. The normalized spacial score (nSPS) is 12.2. The van der Waals surface area contributed by atoms with Crippen molar-refractivity contribution < 1.29 is 30.0 Å². The highest BCUT2D eigenvalue weighted by Gasteiger charge is 2.52. The summed E-state index contributed by atoms with van der Waals surface area (Å²) in [6, 6.07) is 0. The molecule has 0 aliphatic carbocycles. The summed E-state index contributed by atoms with van der Waals surface area (Å²) in [6.07, 6.45) is 0.921. The summed E-state index contributed by atoms with van der Waals surface area (Å²) in [6.45, 7) is 6.14. The molecule has 0 heterocycles. The molecule has 0 bridgehead atoms. The lowest BCUT2D eigenvalue weighted by Gasteiger charge is -2.44. The van der Waals surface area contributed by atoms with E-state index in [2.05, 4.69) is 6.58 Å². The molecule has 0 saturated carbocycles. The largest absolute Gasteiger partial charge is 0.481 e. The number of aliphatic carboxylic acids is 2. The zero-order valence-corrected chi connectivity index (χ0v) is 12.1. The quantitative estimate of drug-likeness (QED) is 0.450. The zero-order valence-electron chi connectivity index (χ0n) is 12.1. The first-order valence-corrected chi connectivity index (χ1v) is 6.55. The van der Waals surface area contributed by atoms with E-state index in [-0.39, 0.29) is 44.5 Å². The van der Waals surface area contributed by atoms with Crippen LogP contribution in [0.1, 0.15) is 39.5 Å². The molecule has 0 unspecified atom stereocenters. The van der Waals surface area contributed by atoms with Gasteiger partial charge in [-0.3, -0.25) is 4.79 Å². The van der Waals surface area contributed by atoms with Crippen molar-refractivity contribution in [1.82, 2.24) is 0 Å². The monoisotopic (exact) mass is 288 g/mol. The predicted molar refractivity (Wildman–Crippen MR) is 73.3 cm³/mol. The van der Waals surface area contributed by atoms with E-state index >= 15 is 0 Å². The Bertz CT molecular complexity index is 364. The van der Waals surface area contributed by atoms with Gasteiger partial charge >= 0.3 is 11.9 Å². The third-order valence-corrected chi connectivity index (χ3v) is 4.09. The maximum Gasteiger partial charge on any atom is 0.331 e. The molecule has 0 amide bonds. The average Bonchev–Trinajstić information content (AvgIpc) is 2.38. The summed E-state index contributed by atoms with van der Waals surface area (Å²) in [5, 5.41) is 36.7. The first-order valence-electron chi connectivity index (χ1n) is 6.55. The molecule has 0 radical (unpaired) electrons. The number of hydrogen-bond acceptors (Lipinski definition) is 4. The van der Waals surface area contributed by atoms with Crippen LogP contribution >= 0.6 is 0 Å². The number of carboxylic acids is 2. The van der Waals surface area contributed by atoms with Gasteiger partial charge in [0.25, 0.3) is 0 Å². The van der Waals surface area contributed by atoms with Crippen molar-refractivity contribution in [2.45, 2.75) is 39.5 Å². The van der Waals surface area contributed by atoms with Crippen LogP contribution in [-0.2, 0) is 9.59 Å². The lowest BCUT2D eigenvalue weighted by atomic mass is 9.57. The highest BCUT2D eigenvalue weighted by molar-refractivity contribution is 5.90. The van der Waals surface area contributed by atoms with Gasteiger partial charge in [-0.15, -0.1) is 0 Å². The molecular formula is C14H24O6. The number of carbonyl (C=O) groups is 2. The smallest absolute Gasteiger partial charge is 0.331 e. The van der Waals surface area contributed by atoms with Crippen LogP contribution in [0.5, 0.6) is 0 Å². The van der Waals surface area contributed by atoms with Crippen LogP contribution in [0.2, 0.25) is 0 Å². The Kier molecular flexibility index (Phi) is 6.88. The molecule has 0 fully saturated rings. The topological polar surface area (TPSA) is 115 Å². The lowest BCUT2D eigenvalue weighted by Crippen LogP contribution is -2.47. The van der Waals surface area contributed by atoms with Gasteiger partial charge in [-0.25, -0.2) is 4.79 Å². The Morgan fingerprint density at radius 2 is 1.40 bits per heavy atom. The Morgan fingerprint density at radius 3 is 1.65 bits per heavy atom. The van der Waals surface area contributed by atoms with E-state index in [4.69, 9.17) is 10.2 Å². The van der Waals surface area contributed by atoms with Gasteiger partial charge in [0, 0.05) is 24.2 Å². The fraction of sp³-hybridized carbons (Fsp3) is 0.714. The summed E-state index contributed by atoms with van der Waals surface area (Å²) in [5.74, 6) is -2.38. The fourth-order valence-electron chi connectivity index (χ4n) is 2.60. The van der Waals surface area contributed by atoms with Gasteiger partial charge in [0.1, 0.15) is 0 Å². The summed E-state index contributed by atoms with van der Waals surface area (Å²) >= 11 is 0. The molecule has 0 aliphatic rings. The lowest BCUT2D eigenvalue weighted by molar-refractivity contribution is -0.156. The van der Waals surface area contributed by atoms with Crippen LogP contribution in [0.3, 0.4) is 0 Å². The standard InChI is InChI=1S/C14H24O6/c1-10(11(17)18)14(6-4-8-15,7-5-9-16)13(2,3)12(19)20/h15-16H,1,4-9H2,2-3H3,(H,17,18)(H,19,20). The summed E-state index contributed by atoms with van der Waals surface area (Å²) in [5.41, 5.74) is -2.77. The number of hydrogen-bond donors (Lipinski definition) is 4. The van der Waals surface area contributed by atoms with Crippen molar-refractivity contribution in [2.24, 2.45) is 10.8 Å². The Labute approximate surface area is 118 Å². The van der Waals surface area contributed by atoms with Gasteiger partial charge in [-0.05, 0) is 39.5 Å². The van der Waals surface area contributed by atoms with Gasteiger partial charge in [-0.1, -0.05) is 6.58 Å². The predicted octanol–water partition coefficient (Wildman–Crippen LogP) is 1.27. The Morgan fingerprint density at radius 1 is 1.00 bits per heavy atom. The van der Waals surface area contributed by atoms with E-state index in [1.54, 1.807) is 0 Å². The molecule has 20 heavy (non-hydrogen) atoms. The highest BCUT2D eigenvalue weighted by atomic mass is 16.4. The van der Waals surface area contributed by atoms with E-state index in [0.717, 1.165) is 0 Å². The molecule has 0 aliphatic heterocycles. The third kappa shape index (κ3) is 3.58. The molecule has 0 aromatic carbocycles. The van der Waals surface area contributed by atoms with Crippen molar-refractivity contribution in [3.8, 4) is 0 Å². The van der Waals surface area contributed by atoms with Crippen molar-refractivity contribution in [3.05, 3.63) is 12.2 Å². The molecule has 0 aromatic heterocycles. The molecule has 0 atom stereocenters. The molecular weight excluding hydrogens is 264 g/mol. The second-order valence-electron chi connectivity index (χ2n) is 5.45. The van der Waals surface area contributed by atoms with Gasteiger partial charge in [0.15, 0.2) is 0 Å². The summed E-state index contributed by atoms with van der Waals surface area (Å²) in [7, 11) is 0. The first-order chi connectivity index (χ1) is 9.17. The van der Waals surface area contributed by atoms with Crippen molar-refractivity contribution in [3.63, 3.8) is 0 Å². The first kappa shape index (κ1) is 18.6. The summed E-state index contributed by atoms with van der Waals surface area (Å²) in [4.78, 5) is 22.9. The molecule has 116 valence electrons. The Hall–Kier alpha value is -1.40. The fourth-order valence-corrected chi connectivity index (χ4v) is 2.60. The minimum atomic E-state index is -1.37. The highest BCUT2D eigenvalue weighted by Crippen LogP contribution is 2.51. The van der Waals surface area contributed by atoms with Crippen LogP contribution in [-0.4, -0.2) is 45.6 Å². The zero-order chi connectivity index (χ0) is 16.0. The maximum absolute atomic E-state index is 11.6. The molecule has 0 aromatic rings. The second-order valence-corrected chi connectivity index (χ2v) is 5.45. The van der Waals surface area contributed by atoms with E-state index < -0.39 is 22.8 Å². The molecule has 0 spiro atoms. The van der Waals surface area contributed by atoms with Crippen LogP contribution < -0.4 is 0 Å². The van der Waals surface area contributed by atoms with Crippen molar-refractivity contribution in [2.75, 3.05) is 13.2 Å². The van der Waals surface area contributed by atoms with Gasteiger partial charge in [0.05, 0.1) is 5.41 Å². The second kappa shape index (κ2) is 7.40. The van der Waals surface area contributed by atoms with Crippen LogP contribution in [0.15, 0.2) is 12.2 Å². The molecule has 0 rings (SSSR count). The van der Waals surface area contributed by atoms with E-state index in [9.17, 15) is 19.8 Å². The molecule has 4 N–H and O–H groups in total. The number of aliphatic hydroxyl groups is 2. The van der Waals surface area contributed by atoms with Crippen LogP contribution in [0, 0.1) is 10.8 Å². The van der Waals surface area contributed by atoms with Crippen molar-refractivity contribution in [1.29, 1.82) is 0 Å². The SMILES string of the molecule is C=C(C(=O)O)C(CCCO)(CCCO)C(C)(C)C(=O)O. The number of rotatable bonds is 10. The minimum absolute atomic E-state index is 0.163. The van der Waals surface area contributed by atoms with E-state index in [1.165, 1.54) is 13.8 Å². The number of carboxylic acid groups (broad SMARTS) is 2. The van der Waals surface area contributed by atoms with Crippen LogP contribution in [0.4, 0.5) is 0 Å². The van der Waals surface area contributed by atoms with Crippen LogP contribution in [0.25, 0.3) is 0 Å². The van der Waals surface area contributed by atoms with Gasteiger partial charge in [0.2, 0.25) is 0 Å². The van der Waals surface area contributed by atoms with Gasteiger partial charge < -0.3 is 20.4 Å². The summed E-state index contributed by atoms with van der Waals surface area (Å²) < 4.78 is 0. The van der Waals surface area contributed by atoms with E-state index in [0.29, 0.717) is 0 Å². The molecule has 6 nitrogen and oxygen atoms in total.